The molecule has 4 aromatic carbocycles. The molecule has 6 rings (SSSR count). The van der Waals surface area contributed by atoms with Crippen molar-refractivity contribution < 1.29 is 0 Å². The lowest BCUT2D eigenvalue weighted by atomic mass is 10.0. The predicted molar refractivity (Wildman–Crippen MR) is 159 cm³/mol. The summed E-state index contributed by atoms with van der Waals surface area (Å²) in [5.74, 6) is 0. The van der Waals surface area contributed by atoms with Crippen LogP contribution in [-0.2, 0) is 13.5 Å². The van der Waals surface area contributed by atoms with E-state index in [9.17, 15) is 14.4 Å². The fraction of sp³-hybridized carbons (Fsp3) is 0.0606. The number of aromatic nitrogens is 3. The Labute approximate surface area is 229 Å². The van der Waals surface area contributed by atoms with Gasteiger partial charge in [0.2, 0.25) is 0 Å². The number of nitrogens with one attached hydrogen (secondary N) is 1. The molecule has 0 amide bonds. The summed E-state index contributed by atoms with van der Waals surface area (Å²) in [6.07, 6.45) is 0.793. The van der Waals surface area contributed by atoms with Gasteiger partial charge in [-0.25, -0.2) is 13.9 Å². The predicted octanol–water partition coefficient (Wildman–Crippen LogP) is 5.17. The first kappa shape index (κ1) is 24.9. The summed E-state index contributed by atoms with van der Waals surface area (Å²) in [4.78, 5) is 41.1. The average molecular weight is 527 g/mol. The van der Waals surface area contributed by atoms with Crippen LogP contribution in [0.4, 0.5) is 11.4 Å². The molecule has 7 nitrogen and oxygen atoms in total. The molecule has 0 radical (unpaired) electrons. The monoisotopic (exact) mass is 526 g/mol. The third kappa shape index (κ3) is 4.54. The van der Waals surface area contributed by atoms with Gasteiger partial charge >= 0.3 is 5.69 Å². The molecule has 0 spiro atoms. The zero-order valence-electron chi connectivity index (χ0n) is 21.8. The molecule has 0 saturated heterocycles. The lowest BCUT2D eigenvalue weighted by Crippen LogP contribution is -2.40. The van der Waals surface area contributed by atoms with Gasteiger partial charge in [-0.3, -0.25) is 14.2 Å². The first-order valence-electron chi connectivity index (χ1n) is 12.9. The van der Waals surface area contributed by atoms with Gasteiger partial charge in [0.1, 0.15) is 11.0 Å². The van der Waals surface area contributed by atoms with Crippen molar-refractivity contribution in [1.82, 2.24) is 13.7 Å². The fourth-order valence-electron chi connectivity index (χ4n) is 4.95. The summed E-state index contributed by atoms with van der Waals surface area (Å²) >= 11 is 0. The number of anilines is 2. The Morgan fingerprint density at radius 2 is 1.15 bits per heavy atom. The van der Waals surface area contributed by atoms with Crippen molar-refractivity contribution in [3.05, 3.63) is 164 Å². The third-order valence-electron chi connectivity index (χ3n) is 6.93. The molecule has 0 saturated carbocycles. The van der Waals surface area contributed by atoms with Crippen molar-refractivity contribution in [2.24, 2.45) is 7.05 Å². The van der Waals surface area contributed by atoms with Crippen molar-refractivity contribution in [2.45, 2.75) is 6.42 Å². The fourth-order valence-corrected chi connectivity index (χ4v) is 4.95. The second-order valence-corrected chi connectivity index (χ2v) is 9.57. The van der Waals surface area contributed by atoms with E-state index in [0.717, 1.165) is 22.2 Å². The van der Waals surface area contributed by atoms with Gasteiger partial charge in [-0.05, 0) is 53.9 Å². The number of aryl methyl sites for hydroxylation is 1. The number of hydrogen-bond donors (Lipinski definition) is 1. The number of nitrogens with zero attached hydrogens (tertiary/aromatic N) is 3. The second-order valence-electron chi connectivity index (χ2n) is 9.57. The standard InChI is InChI=1S/C33H26N4O3/c1-35-29(38)22-28(34-25-19-17-24(18-20-25)21-23-11-5-2-6-12-23)30-31(35)36(26-13-7-3-8-14-26)33(40)37(32(30)39)27-15-9-4-10-16-27/h2-20,22,34H,21H2,1H3. The Kier molecular flexibility index (Phi) is 6.46. The number of pyridine rings is 1. The molecule has 2 heterocycles. The van der Waals surface area contributed by atoms with Crippen molar-refractivity contribution in [1.29, 1.82) is 0 Å². The molecule has 0 aliphatic heterocycles. The maximum Gasteiger partial charge on any atom is 0.341 e. The van der Waals surface area contributed by atoms with Crippen molar-refractivity contribution >= 4 is 22.4 Å². The van der Waals surface area contributed by atoms with Crippen LogP contribution in [0, 0.1) is 0 Å². The Hall–Kier alpha value is -5.43. The van der Waals surface area contributed by atoms with Gasteiger partial charge in [-0.2, -0.15) is 0 Å². The molecule has 0 bridgehead atoms. The molecule has 0 unspecified atom stereocenters. The van der Waals surface area contributed by atoms with Crippen molar-refractivity contribution in [3.8, 4) is 11.4 Å². The molecule has 0 atom stereocenters. The van der Waals surface area contributed by atoms with E-state index in [1.807, 2.05) is 66.7 Å². The second kappa shape index (κ2) is 10.4. The van der Waals surface area contributed by atoms with E-state index >= 15 is 0 Å². The molecule has 1 N–H and O–H groups in total. The number of fused-ring (bicyclic) bond motifs is 1. The van der Waals surface area contributed by atoms with E-state index in [-0.39, 0.29) is 16.6 Å². The van der Waals surface area contributed by atoms with Crippen LogP contribution in [0.2, 0.25) is 0 Å². The first-order valence-corrected chi connectivity index (χ1v) is 12.9. The molecule has 0 aliphatic carbocycles. The minimum Gasteiger partial charge on any atom is -0.355 e. The molecule has 40 heavy (non-hydrogen) atoms. The van der Waals surface area contributed by atoms with E-state index in [1.165, 1.54) is 20.8 Å². The molecule has 196 valence electrons. The maximum atomic E-state index is 14.1. The molecule has 0 aliphatic rings. The number of benzene rings is 4. The number of hydrogen-bond acceptors (Lipinski definition) is 4. The third-order valence-corrected chi connectivity index (χ3v) is 6.93. The van der Waals surface area contributed by atoms with Gasteiger partial charge in [0, 0.05) is 18.8 Å². The van der Waals surface area contributed by atoms with Crippen LogP contribution in [-0.4, -0.2) is 13.7 Å². The molecule has 2 aromatic heterocycles. The van der Waals surface area contributed by atoms with Crippen LogP contribution < -0.4 is 22.1 Å². The van der Waals surface area contributed by atoms with Crippen LogP contribution in [0.1, 0.15) is 11.1 Å². The van der Waals surface area contributed by atoms with E-state index in [0.29, 0.717) is 17.1 Å². The largest absolute Gasteiger partial charge is 0.355 e. The smallest absolute Gasteiger partial charge is 0.341 e. The van der Waals surface area contributed by atoms with Crippen molar-refractivity contribution in [3.63, 3.8) is 0 Å². The zero-order valence-corrected chi connectivity index (χ0v) is 21.8. The SMILES string of the molecule is Cn1c(=O)cc(Nc2ccc(Cc3ccccc3)cc2)c2c(=O)n(-c3ccccc3)c(=O)n(-c3ccccc3)c21. The topological polar surface area (TPSA) is 78.0 Å². The van der Waals surface area contributed by atoms with Gasteiger partial charge in [0.25, 0.3) is 11.1 Å². The Morgan fingerprint density at radius 3 is 1.75 bits per heavy atom. The van der Waals surface area contributed by atoms with Gasteiger partial charge in [0.15, 0.2) is 0 Å². The van der Waals surface area contributed by atoms with Crippen LogP contribution in [0.3, 0.4) is 0 Å². The first-order chi connectivity index (χ1) is 19.5. The highest BCUT2D eigenvalue weighted by Crippen LogP contribution is 2.24. The number of para-hydroxylation sites is 2. The maximum absolute atomic E-state index is 14.1. The lowest BCUT2D eigenvalue weighted by molar-refractivity contribution is 0.784. The molecular weight excluding hydrogens is 500 g/mol. The Bertz CT molecular complexity index is 1990. The Balaban J connectivity index is 1.55. The summed E-state index contributed by atoms with van der Waals surface area (Å²) < 4.78 is 3.90. The van der Waals surface area contributed by atoms with Crippen LogP contribution in [0.15, 0.2) is 136 Å². The summed E-state index contributed by atoms with van der Waals surface area (Å²) in [6, 6.07) is 37.3. The highest BCUT2D eigenvalue weighted by atomic mass is 16.2. The van der Waals surface area contributed by atoms with Crippen LogP contribution >= 0.6 is 0 Å². The van der Waals surface area contributed by atoms with Gasteiger partial charge in [-0.15, -0.1) is 0 Å². The van der Waals surface area contributed by atoms with E-state index < -0.39 is 11.2 Å². The summed E-state index contributed by atoms with van der Waals surface area (Å²) in [5, 5.41) is 3.51. The molecular formula is C33H26N4O3. The minimum atomic E-state index is -0.563. The van der Waals surface area contributed by atoms with Crippen LogP contribution in [0.25, 0.3) is 22.4 Å². The molecule has 6 aromatic rings. The minimum absolute atomic E-state index is 0.212. The lowest BCUT2D eigenvalue weighted by Gasteiger charge is -2.19. The summed E-state index contributed by atoms with van der Waals surface area (Å²) in [6.45, 7) is 0. The summed E-state index contributed by atoms with van der Waals surface area (Å²) in [5.41, 5.74) is 3.15. The van der Waals surface area contributed by atoms with Gasteiger partial charge in [0.05, 0.1) is 17.1 Å². The highest BCUT2D eigenvalue weighted by molar-refractivity contribution is 5.91. The Morgan fingerprint density at radius 1 is 0.625 bits per heavy atom. The zero-order chi connectivity index (χ0) is 27.6. The normalized spacial score (nSPS) is 11.0. The van der Waals surface area contributed by atoms with E-state index in [2.05, 4.69) is 17.4 Å². The van der Waals surface area contributed by atoms with Gasteiger partial charge < -0.3 is 5.32 Å². The molecule has 0 fully saturated rings. The average Bonchev–Trinajstić information content (AvgIpc) is 2.98. The highest BCUT2D eigenvalue weighted by Gasteiger charge is 2.21. The quantitative estimate of drug-likeness (QED) is 0.325. The number of rotatable bonds is 6. The van der Waals surface area contributed by atoms with Gasteiger partial charge in [-0.1, -0.05) is 78.9 Å². The van der Waals surface area contributed by atoms with Crippen LogP contribution in [0.5, 0.6) is 0 Å². The van der Waals surface area contributed by atoms with E-state index in [1.54, 1.807) is 43.4 Å². The summed E-state index contributed by atoms with van der Waals surface area (Å²) in [7, 11) is 1.57. The van der Waals surface area contributed by atoms with E-state index in [4.69, 9.17) is 0 Å². The van der Waals surface area contributed by atoms with Crippen molar-refractivity contribution in [2.75, 3.05) is 5.32 Å². The molecule has 7 heteroatoms.